The first-order valence-corrected chi connectivity index (χ1v) is 4.87. The Balaban J connectivity index is 2.76. The molecule has 0 saturated carbocycles. The predicted molar refractivity (Wildman–Crippen MR) is 60.5 cm³/mol. The van der Waals surface area contributed by atoms with Gasteiger partial charge in [0.1, 0.15) is 5.82 Å². The molecule has 78 valence electrons. The minimum absolute atomic E-state index is 0.295. The lowest BCUT2D eigenvalue weighted by Gasteiger charge is -2.21. The first-order valence-electron chi connectivity index (χ1n) is 4.87. The number of pyridine rings is 1. The average molecular weight is 193 g/mol. The monoisotopic (exact) mass is 193 g/mol. The summed E-state index contributed by atoms with van der Waals surface area (Å²) in [6.07, 6.45) is 0.295. The van der Waals surface area contributed by atoms with Crippen LogP contribution in [0.25, 0.3) is 0 Å². The van der Waals surface area contributed by atoms with Crippen LogP contribution < -0.4 is 5.32 Å². The number of nitrogens with zero attached hydrogens (tertiary/aromatic N) is 2. The van der Waals surface area contributed by atoms with Crippen LogP contribution in [0.2, 0.25) is 0 Å². The Morgan fingerprint density at radius 3 is 2.43 bits per heavy atom. The molecule has 0 spiro atoms. The molecule has 0 aliphatic rings. The Morgan fingerprint density at radius 1 is 1.29 bits per heavy atom. The second-order valence-electron chi connectivity index (χ2n) is 3.96. The maximum Gasteiger partial charge on any atom is 0.127 e. The molecule has 0 aliphatic heterocycles. The third-order valence-corrected chi connectivity index (χ3v) is 2.23. The Hall–Kier alpha value is -1.09. The zero-order chi connectivity index (χ0) is 10.7. The van der Waals surface area contributed by atoms with Crippen LogP contribution in [0.15, 0.2) is 12.1 Å². The van der Waals surface area contributed by atoms with Crippen LogP contribution in [0.3, 0.4) is 0 Å². The lowest BCUT2D eigenvalue weighted by Crippen LogP contribution is -2.32. The summed E-state index contributed by atoms with van der Waals surface area (Å²) in [6.45, 7) is 6.21. The van der Waals surface area contributed by atoms with Gasteiger partial charge in [-0.25, -0.2) is 4.98 Å². The molecule has 1 N–H and O–H groups in total. The summed E-state index contributed by atoms with van der Waals surface area (Å²) in [5.41, 5.74) is 2.30. The van der Waals surface area contributed by atoms with E-state index in [1.54, 1.807) is 0 Å². The van der Waals surface area contributed by atoms with Crippen LogP contribution in [0, 0.1) is 13.8 Å². The number of rotatable bonds is 3. The summed E-state index contributed by atoms with van der Waals surface area (Å²) < 4.78 is 0. The second kappa shape index (κ2) is 4.42. The Bertz CT molecular complexity index is 287. The van der Waals surface area contributed by atoms with Gasteiger partial charge in [0.25, 0.3) is 0 Å². The van der Waals surface area contributed by atoms with E-state index < -0.39 is 0 Å². The summed E-state index contributed by atoms with van der Waals surface area (Å²) in [5, 5.41) is 3.34. The minimum Gasteiger partial charge on any atom is -0.355 e. The fourth-order valence-electron chi connectivity index (χ4n) is 1.26. The van der Waals surface area contributed by atoms with E-state index in [0.717, 1.165) is 11.5 Å². The van der Waals surface area contributed by atoms with E-state index in [-0.39, 0.29) is 0 Å². The number of nitrogens with one attached hydrogen (secondary N) is 1. The third kappa shape index (κ3) is 3.00. The molecule has 1 aromatic rings. The number of anilines is 1. The molecule has 14 heavy (non-hydrogen) atoms. The van der Waals surface area contributed by atoms with Gasteiger partial charge in [-0.1, -0.05) is 0 Å². The fourth-order valence-corrected chi connectivity index (χ4v) is 1.26. The van der Waals surface area contributed by atoms with Crippen molar-refractivity contribution in [3.05, 3.63) is 23.4 Å². The first-order chi connectivity index (χ1) is 6.49. The van der Waals surface area contributed by atoms with Crippen molar-refractivity contribution in [2.45, 2.75) is 26.9 Å². The van der Waals surface area contributed by atoms with Crippen molar-refractivity contribution in [2.24, 2.45) is 0 Å². The van der Waals surface area contributed by atoms with Crippen LogP contribution >= 0.6 is 0 Å². The van der Waals surface area contributed by atoms with Gasteiger partial charge in [0.05, 0.1) is 6.17 Å². The van der Waals surface area contributed by atoms with Gasteiger partial charge >= 0.3 is 0 Å². The van der Waals surface area contributed by atoms with E-state index >= 15 is 0 Å². The highest BCUT2D eigenvalue weighted by molar-refractivity contribution is 5.39. The zero-order valence-electron chi connectivity index (χ0n) is 9.63. The number of aromatic nitrogens is 1. The van der Waals surface area contributed by atoms with Crippen LogP contribution in [0.4, 0.5) is 5.82 Å². The largest absolute Gasteiger partial charge is 0.355 e. The van der Waals surface area contributed by atoms with Crippen LogP contribution in [-0.2, 0) is 0 Å². The number of aryl methyl sites for hydroxylation is 2. The molecule has 1 rings (SSSR count). The molecule has 3 heteroatoms. The van der Waals surface area contributed by atoms with Crippen molar-refractivity contribution in [3.63, 3.8) is 0 Å². The lowest BCUT2D eigenvalue weighted by atomic mass is 10.2. The lowest BCUT2D eigenvalue weighted by molar-refractivity contribution is 0.343. The highest BCUT2D eigenvalue weighted by atomic mass is 15.2. The SMILES string of the molecule is Cc1cc(C)nc(NC(C)N(C)C)c1. The predicted octanol–water partition coefficient (Wildman–Crippen LogP) is 2.02. The molecule has 1 atom stereocenters. The molecule has 0 aromatic carbocycles. The molecule has 0 bridgehead atoms. The summed E-state index contributed by atoms with van der Waals surface area (Å²) in [7, 11) is 4.08. The van der Waals surface area contributed by atoms with Crippen LogP contribution in [0.5, 0.6) is 0 Å². The second-order valence-corrected chi connectivity index (χ2v) is 3.96. The summed E-state index contributed by atoms with van der Waals surface area (Å²) in [5.74, 6) is 0.948. The standard InChI is InChI=1S/C11H19N3/c1-8-6-9(2)12-11(7-8)13-10(3)14(4)5/h6-7,10H,1-5H3,(H,12,13). The minimum atomic E-state index is 0.295. The maximum atomic E-state index is 4.42. The number of hydrogen-bond donors (Lipinski definition) is 1. The Kier molecular flexibility index (Phi) is 3.47. The van der Waals surface area contributed by atoms with E-state index in [1.165, 1.54) is 5.56 Å². The molecule has 0 radical (unpaired) electrons. The van der Waals surface area contributed by atoms with Gasteiger partial charge in [-0.05, 0) is 52.6 Å². The van der Waals surface area contributed by atoms with Crippen molar-refractivity contribution in [3.8, 4) is 0 Å². The highest BCUT2D eigenvalue weighted by Gasteiger charge is 2.04. The third-order valence-electron chi connectivity index (χ3n) is 2.23. The van der Waals surface area contributed by atoms with Gasteiger partial charge in [0, 0.05) is 5.69 Å². The number of hydrogen-bond acceptors (Lipinski definition) is 3. The molecule has 0 amide bonds. The van der Waals surface area contributed by atoms with Gasteiger partial charge < -0.3 is 5.32 Å². The van der Waals surface area contributed by atoms with E-state index in [1.807, 2.05) is 21.0 Å². The maximum absolute atomic E-state index is 4.42. The van der Waals surface area contributed by atoms with Gasteiger partial charge in [0.2, 0.25) is 0 Å². The first kappa shape index (κ1) is 11.0. The summed E-state index contributed by atoms with van der Waals surface area (Å²) in [4.78, 5) is 6.53. The van der Waals surface area contributed by atoms with Gasteiger partial charge in [0.15, 0.2) is 0 Å². The van der Waals surface area contributed by atoms with E-state index in [0.29, 0.717) is 6.17 Å². The average Bonchev–Trinajstić information content (AvgIpc) is 2.01. The van der Waals surface area contributed by atoms with Gasteiger partial charge in [-0.15, -0.1) is 0 Å². The summed E-state index contributed by atoms with van der Waals surface area (Å²) in [6, 6.07) is 4.14. The molecule has 0 saturated heterocycles. The molecule has 1 unspecified atom stereocenters. The van der Waals surface area contributed by atoms with E-state index in [9.17, 15) is 0 Å². The summed E-state index contributed by atoms with van der Waals surface area (Å²) >= 11 is 0. The zero-order valence-corrected chi connectivity index (χ0v) is 9.63. The molecule has 1 aromatic heterocycles. The molecule has 0 aliphatic carbocycles. The molecular weight excluding hydrogens is 174 g/mol. The Labute approximate surface area is 86.2 Å². The normalized spacial score (nSPS) is 13.0. The quantitative estimate of drug-likeness (QED) is 0.744. The Morgan fingerprint density at radius 2 is 1.93 bits per heavy atom. The van der Waals surface area contributed by atoms with Crippen LogP contribution in [-0.4, -0.2) is 30.1 Å². The molecule has 0 fully saturated rings. The fraction of sp³-hybridized carbons (Fsp3) is 0.545. The molecule has 1 heterocycles. The van der Waals surface area contributed by atoms with Crippen molar-refractivity contribution in [2.75, 3.05) is 19.4 Å². The molecule has 3 nitrogen and oxygen atoms in total. The van der Waals surface area contributed by atoms with Crippen molar-refractivity contribution < 1.29 is 0 Å². The van der Waals surface area contributed by atoms with E-state index in [2.05, 4.69) is 41.2 Å². The topological polar surface area (TPSA) is 28.2 Å². The van der Waals surface area contributed by atoms with E-state index in [4.69, 9.17) is 0 Å². The molecular formula is C11H19N3. The smallest absolute Gasteiger partial charge is 0.127 e. The van der Waals surface area contributed by atoms with Crippen molar-refractivity contribution in [1.29, 1.82) is 0 Å². The van der Waals surface area contributed by atoms with Crippen LogP contribution in [0.1, 0.15) is 18.2 Å². The van der Waals surface area contributed by atoms with Crippen molar-refractivity contribution in [1.82, 2.24) is 9.88 Å². The van der Waals surface area contributed by atoms with Gasteiger partial charge in [-0.2, -0.15) is 0 Å². The van der Waals surface area contributed by atoms with Crippen molar-refractivity contribution >= 4 is 5.82 Å². The highest BCUT2D eigenvalue weighted by Crippen LogP contribution is 2.10. The van der Waals surface area contributed by atoms with Gasteiger partial charge in [-0.3, -0.25) is 4.90 Å².